The lowest BCUT2D eigenvalue weighted by molar-refractivity contribution is -0.115. The Kier molecular flexibility index (Phi) is 3.17. The molecule has 1 atom stereocenters. The summed E-state index contributed by atoms with van der Waals surface area (Å²) in [4.78, 5) is 11.3. The van der Waals surface area contributed by atoms with Crippen molar-refractivity contribution < 1.29 is 9.90 Å². The average molecular weight is 234 g/mol. The molecule has 0 fully saturated rings. The summed E-state index contributed by atoms with van der Waals surface area (Å²) in [6.07, 6.45) is 1.84. The summed E-state index contributed by atoms with van der Waals surface area (Å²) >= 11 is 0. The van der Waals surface area contributed by atoms with Crippen molar-refractivity contribution in [1.29, 1.82) is 0 Å². The number of rotatable bonds is 4. The Morgan fingerprint density at radius 1 is 1.53 bits per heavy atom. The van der Waals surface area contributed by atoms with Gasteiger partial charge in [0.25, 0.3) is 0 Å². The van der Waals surface area contributed by atoms with Crippen LogP contribution < -0.4 is 11.1 Å². The maximum atomic E-state index is 11.3. The van der Waals surface area contributed by atoms with Gasteiger partial charge < -0.3 is 16.2 Å². The summed E-state index contributed by atoms with van der Waals surface area (Å²) in [5.41, 5.74) is 8.69. The van der Waals surface area contributed by atoms with E-state index in [4.69, 9.17) is 10.8 Å². The van der Waals surface area contributed by atoms with E-state index in [0.29, 0.717) is 12.8 Å². The van der Waals surface area contributed by atoms with Crippen molar-refractivity contribution in [3.05, 3.63) is 29.3 Å². The molecule has 1 aromatic carbocycles. The number of aliphatic hydroxyl groups is 1. The maximum Gasteiger partial charge on any atom is 0.228 e. The lowest BCUT2D eigenvalue weighted by Crippen LogP contribution is -2.33. The van der Waals surface area contributed by atoms with Crippen LogP contribution in [0.4, 0.5) is 5.69 Å². The topological polar surface area (TPSA) is 75.3 Å². The van der Waals surface area contributed by atoms with Gasteiger partial charge in [-0.3, -0.25) is 4.79 Å². The van der Waals surface area contributed by atoms with Crippen LogP contribution in [0.15, 0.2) is 18.2 Å². The van der Waals surface area contributed by atoms with Crippen molar-refractivity contribution >= 4 is 11.6 Å². The zero-order chi connectivity index (χ0) is 12.5. The minimum Gasteiger partial charge on any atom is -0.396 e. The summed E-state index contributed by atoms with van der Waals surface area (Å²) in [5, 5.41) is 11.7. The lowest BCUT2D eigenvalue weighted by atomic mass is 9.87. The largest absolute Gasteiger partial charge is 0.396 e. The molecule has 1 heterocycles. The molecule has 0 aromatic heterocycles. The number of nitrogens with two attached hydrogens (primary N) is 1. The first-order chi connectivity index (χ1) is 8.03. The Bertz CT molecular complexity index is 441. The van der Waals surface area contributed by atoms with E-state index in [1.807, 2.05) is 25.1 Å². The molecule has 0 radical (unpaired) electrons. The summed E-state index contributed by atoms with van der Waals surface area (Å²) in [7, 11) is 0. The third-order valence-corrected chi connectivity index (χ3v) is 3.24. The van der Waals surface area contributed by atoms with Crippen LogP contribution in [-0.2, 0) is 16.8 Å². The molecule has 4 nitrogen and oxygen atoms in total. The average Bonchev–Trinajstić information content (AvgIpc) is 2.65. The Morgan fingerprint density at radius 2 is 2.29 bits per heavy atom. The van der Waals surface area contributed by atoms with E-state index in [9.17, 15) is 4.79 Å². The first kappa shape index (κ1) is 12.1. The number of carbonyl (C=O) groups is 1. The number of amides is 1. The van der Waals surface area contributed by atoms with Crippen LogP contribution in [0.25, 0.3) is 0 Å². The van der Waals surface area contributed by atoms with Gasteiger partial charge in [-0.25, -0.2) is 0 Å². The van der Waals surface area contributed by atoms with Gasteiger partial charge in [0.05, 0.1) is 6.42 Å². The molecule has 0 bridgehead atoms. The Hall–Kier alpha value is -1.39. The molecule has 1 amide bonds. The molecule has 1 unspecified atom stereocenters. The summed E-state index contributed by atoms with van der Waals surface area (Å²) < 4.78 is 0. The van der Waals surface area contributed by atoms with Crippen molar-refractivity contribution in [3.63, 3.8) is 0 Å². The zero-order valence-corrected chi connectivity index (χ0v) is 9.99. The monoisotopic (exact) mass is 234 g/mol. The van der Waals surface area contributed by atoms with Gasteiger partial charge in [0, 0.05) is 17.8 Å². The number of benzene rings is 1. The van der Waals surface area contributed by atoms with Gasteiger partial charge in [-0.05, 0) is 37.0 Å². The molecular weight excluding hydrogens is 216 g/mol. The highest BCUT2D eigenvalue weighted by Crippen LogP contribution is 2.30. The molecule has 17 heavy (non-hydrogen) atoms. The van der Waals surface area contributed by atoms with E-state index in [0.717, 1.165) is 23.2 Å². The molecule has 92 valence electrons. The summed E-state index contributed by atoms with van der Waals surface area (Å²) in [6.45, 7) is 2.10. The number of nitrogens with one attached hydrogen (secondary N) is 1. The fraction of sp³-hybridized carbons (Fsp3) is 0.462. The number of carbonyl (C=O) groups excluding carboxylic acids is 1. The van der Waals surface area contributed by atoms with E-state index in [2.05, 4.69) is 5.32 Å². The van der Waals surface area contributed by atoms with Crippen LogP contribution in [-0.4, -0.2) is 17.6 Å². The molecular formula is C13H18N2O2. The van der Waals surface area contributed by atoms with Crippen LogP contribution in [0.5, 0.6) is 0 Å². The first-order valence-corrected chi connectivity index (χ1v) is 5.86. The van der Waals surface area contributed by atoms with Crippen LogP contribution in [0.2, 0.25) is 0 Å². The van der Waals surface area contributed by atoms with Gasteiger partial charge >= 0.3 is 0 Å². The number of hydrogen-bond donors (Lipinski definition) is 3. The maximum absolute atomic E-state index is 11.3. The van der Waals surface area contributed by atoms with Crippen molar-refractivity contribution in [2.45, 2.75) is 31.7 Å². The van der Waals surface area contributed by atoms with E-state index in [1.165, 1.54) is 0 Å². The second-order valence-electron chi connectivity index (χ2n) is 4.84. The van der Waals surface area contributed by atoms with Crippen molar-refractivity contribution in [3.8, 4) is 0 Å². The van der Waals surface area contributed by atoms with Gasteiger partial charge in [-0.15, -0.1) is 0 Å². The normalized spacial score (nSPS) is 17.5. The van der Waals surface area contributed by atoms with E-state index in [-0.39, 0.29) is 12.5 Å². The third kappa shape index (κ3) is 2.48. The molecule has 4 N–H and O–H groups in total. The van der Waals surface area contributed by atoms with Crippen molar-refractivity contribution in [2.24, 2.45) is 5.73 Å². The second kappa shape index (κ2) is 4.47. The number of hydrogen-bond acceptors (Lipinski definition) is 3. The predicted octanol–water partition coefficient (Wildman–Crippen LogP) is 1.13. The van der Waals surface area contributed by atoms with Crippen LogP contribution in [0, 0.1) is 0 Å². The zero-order valence-electron chi connectivity index (χ0n) is 9.99. The van der Waals surface area contributed by atoms with E-state index < -0.39 is 5.54 Å². The Labute approximate surface area is 101 Å². The number of fused-ring (bicyclic) bond motifs is 1. The second-order valence-corrected chi connectivity index (χ2v) is 4.84. The SMILES string of the molecule is CC(N)(CCCO)c1ccc2c(c1)CC(=O)N2. The fourth-order valence-electron chi connectivity index (χ4n) is 2.18. The molecule has 0 spiro atoms. The fourth-order valence-corrected chi connectivity index (χ4v) is 2.18. The quantitative estimate of drug-likeness (QED) is 0.731. The van der Waals surface area contributed by atoms with Gasteiger partial charge in [-0.2, -0.15) is 0 Å². The highest BCUT2D eigenvalue weighted by molar-refractivity contribution is 5.99. The Morgan fingerprint density at radius 3 is 3.00 bits per heavy atom. The first-order valence-electron chi connectivity index (χ1n) is 5.86. The standard InChI is InChI=1S/C13H18N2O2/c1-13(14,5-2-6-16)10-3-4-11-9(7-10)8-12(17)15-11/h3-4,7,16H,2,5-6,8,14H2,1H3,(H,15,17). The minimum atomic E-state index is -0.455. The van der Waals surface area contributed by atoms with Crippen LogP contribution in [0.1, 0.15) is 30.9 Å². The van der Waals surface area contributed by atoms with Crippen LogP contribution >= 0.6 is 0 Å². The highest BCUT2D eigenvalue weighted by Gasteiger charge is 2.24. The van der Waals surface area contributed by atoms with Crippen molar-refractivity contribution in [1.82, 2.24) is 0 Å². The summed E-state index contributed by atoms with van der Waals surface area (Å²) in [6, 6.07) is 5.84. The molecule has 1 aliphatic rings. The van der Waals surface area contributed by atoms with Gasteiger partial charge in [0.2, 0.25) is 5.91 Å². The molecule has 4 heteroatoms. The van der Waals surface area contributed by atoms with Gasteiger partial charge in [-0.1, -0.05) is 12.1 Å². The van der Waals surface area contributed by atoms with E-state index >= 15 is 0 Å². The van der Waals surface area contributed by atoms with Crippen LogP contribution in [0.3, 0.4) is 0 Å². The third-order valence-electron chi connectivity index (χ3n) is 3.24. The molecule has 1 aromatic rings. The minimum absolute atomic E-state index is 0.0335. The smallest absolute Gasteiger partial charge is 0.228 e. The predicted molar refractivity (Wildman–Crippen MR) is 66.6 cm³/mol. The summed E-state index contributed by atoms with van der Waals surface area (Å²) in [5.74, 6) is 0.0335. The highest BCUT2D eigenvalue weighted by atomic mass is 16.2. The lowest BCUT2D eigenvalue weighted by Gasteiger charge is -2.25. The molecule has 0 aliphatic carbocycles. The van der Waals surface area contributed by atoms with Crippen molar-refractivity contribution in [2.75, 3.05) is 11.9 Å². The molecule has 2 rings (SSSR count). The molecule has 0 saturated heterocycles. The molecule has 0 saturated carbocycles. The van der Waals surface area contributed by atoms with E-state index in [1.54, 1.807) is 0 Å². The number of anilines is 1. The Balaban J connectivity index is 2.23. The number of aliphatic hydroxyl groups excluding tert-OH is 1. The van der Waals surface area contributed by atoms with Gasteiger partial charge in [0.15, 0.2) is 0 Å². The molecule has 1 aliphatic heterocycles. The van der Waals surface area contributed by atoms with Gasteiger partial charge in [0.1, 0.15) is 0 Å².